The highest BCUT2D eigenvalue weighted by atomic mass is 14.9. The summed E-state index contributed by atoms with van der Waals surface area (Å²) in [5.41, 5.74) is 1.69. The lowest BCUT2D eigenvalue weighted by Crippen LogP contribution is -2.29. The molecule has 0 bridgehead atoms. The fraction of sp³-hybridized carbons (Fsp3) is 0.857. The molecular formula is C14H27N. The highest BCUT2D eigenvalue weighted by Crippen LogP contribution is 2.19. The average molecular weight is 209 g/mol. The van der Waals surface area contributed by atoms with E-state index >= 15 is 0 Å². The molecule has 88 valence electrons. The van der Waals surface area contributed by atoms with Crippen molar-refractivity contribution in [1.82, 2.24) is 5.32 Å². The topological polar surface area (TPSA) is 12.0 Å². The smallest absolute Gasteiger partial charge is 0.00644 e. The lowest BCUT2D eigenvalue weighted by molar-refractivity contribution is 0.463. The van der Waals surface area contributed by atoms with Gasteiger partial charge >= 0.3 is 0 Å². The third kappa shape index (κ3) is 5.36. The van der Waals surface area contributed by atoms with Crippen LogP contribution in [0.3, 0.4) is 0 Å². The van der Waals surface area contributed by atoms with Gasteiger partial charge in [-0.3, -0.25) is 0 Å². The van der Waals surface area contributed by atoms with Crippen LogP contribution in [0.5, 0.6) is 0 Å². The summed E-state index contributed by atoms with van der Waals surface area (Å²) in [5, 5.41) is 3.68. The Morgan fingerprint density at radius 2 is 2.20 bits per heavy atom. The first kappa shape index (κ1) is 12.8. The van der Waals surface area contributed by atoms with Gasteiger partial charge in [-0.25, -0.2) is 0 Å². The molecule has 0 aromatic carbocycles. The van der Waals surface area contributed by atoms with E-state index in [1.165, 1.54) is 57.9 Å². The molecule has 0 amide bonds. The number of hydrogen-bond acceptors (Lipinski definition) is 1. The summed E-state index contributed by atoms with van der Waals surface area (Å²) >= 11 is 0. The van der Waals surface area contributed by atoms with Gasteiger partial charge in [-0.1, -0.05) is 31.9 Å². The average Bonchev–Trinajstić information content (AvgIpc) is 2.29. The van der Waals surface area contributed by atoms with Gasteiger partial charge in [0.1, 0.15) is 0 Å². The van der Waals surface area contributed by atoms with Crippen molar-refractivity contribution in [2.75, 3.05) is 6.54 Å². The van der Waals surface area contributed by atoms with Gasteiger partial charge in [0.2, 0.25) is 0 Å². The van der Waals surface area contributed by atoms with Crippen LogP contribution in [0.4, 0.5) is 0 Å². The summed E-state index contributed by atoms with van der Waals surface area (Å²) in [7, 11) is 0. The highest BCUT2D eigenvalue weighted by Gasteiger charge is 2.06. The molecule has 0 aliphatic heterocycles. The number of allylic oxidation sites excluding steroid dienone is 1. The minimum absolute atomic E-state index is 0.749. The van der Waals surface area contributed by atoms with Gasteiger partial charge in [-0.15, -0.1) is 0 Å². The summed E-state index contributed by atoms with van der Waals surface area (Å²) < 4.78 is 0. The van der Waals surface area contributed by atoms with Gasteiger partial charge in [0.15, 0.2) is 0 Å². The SMILES string of the molecule is CCCC(CC)NCCC1=CCCCC1. The Kier molecular flexibility index (Phi) is 6.74. The minimum Gasteiger partial charge on any atom is -0.314 e. The van der Waals surface area contributed by atoms with Crippen molar-refractivity contribution < 1.29 is 0 Å². The number of nitrogens with one attached hydrogen (secondary N) is 1. The zero-order valence-electron chi connectivity index (χ0n) is 10.5. The molecule has 1 unspecified atom stereocenters. The molecule has 0 spiro atoms. The van der Waals surface area contributed by atoms with Crippen molar-refractivity contribution in [1.29, 1.82) is 0 Å². The van der Waals surface area contributed by atoms with Gasteiger partial charge in [0.05, 0.1) is 0 Å². The van der Waals surface area contributed by atoms with E-state index in [-0.39, 0.29) is 0 Å². The molecule has 0 aromatic rings. The molecule has 15 heavy (non-hydrogen) atoms. The molecule has 0 saturated carbocycles. The summed E-state index contributed by atoms with van der Waals surface area (Å²) in [6, 6.07) is 0.749. The fourth-order valence-corrected chi connectivity index (χ4v) is 2.37. The number of rotatable bonds is 7. The van der Waals surface area contributed by atoms with E-state index in [1.807, 2.05) is 0 Å². The molecule has 1 atom stereocenters. The predicted octanol–water partition coefficient (Wildman–Crippen LogP) is 4.05. The molecule has 0 aromatic heterocycles. The fourth-order valence-electron chi connectivity index (χ4n) is 2.37. The molecule has 1 nitrogen and oxygen atoms in total. The lowest BCUT2D eigenvalue weighted by Gasteiger charge is -2.18. The van der Waals surface area contributed by atoms with Crippen LogP contribution in [-0.2, 0) is 0 Å². The third-order valence-corrected chi connectivity index (χ3v) is 3.39. The monoisotopic (exact) mass is 209 g/mol. The number of hydrogen-bond donors (Lipinski definition) is 1. The Labute approximate surface area is 95.3 Å². The first-order valence-corrected chi connectivity index (χ1v) is 6.78. The van der Waals surface area contributed by atoms with Crippen molar-refractivity contribution >= 4 is 0 Å². The first-order valence-electron chi connectivity index (χ1n) is 6.78. The largest absolute Gasteiger partial charge is 0.314 e. The minimum atomic E-state index is 0.749. The van der Waals surface area contributed by atoms with Crippen LogP contribution in [0.1, 0.15) is 65.2 Å². The van der Waals surface area contributed by atoms with E-state index in [9.17, 15) is 0 Å². The van der Waals surface area contributed by atoms with E-state index < -0.39 is 0 Å². The maximum atomic E-state index is 3.68. The van der Waals surface area contributed by atoms with Crippen molar-refractivity contribution in [3.63, 3.8) is 0 Å². The Hall–Kier alpha value is -0.300. The molecule has 1 aliphatic carbocycles. The zero-order valence-corrected chi connectivity index (χ0v) is 10.5. The van der Waals surface area contributed by atoms with E-state index in [0.29, 0.717) is 0 Å². The Morgan fingerprint density at radius 3 is 2.80 bits per heavy atom. The Morgan fingerprint density at radius 1 is 1.33 bits per heavy atom. The quantitative estimate of drug-likeness (QED) is 0.624. The Balaban J connectivity index is 2.11. The Bertz CT molecular complexity index is 184. The molecule has 0 saturated heterocycles. The molecule has 1 aliphatic rings. The van der Waals surface area contributed by atoms with Gasteiger partial charge in [-0.2, -0.15) is 0 Å². The van der Waals surface area contributed by atoms with Gasteiger partial charge in [0.25, 0.3) is 0 Å². The molecule has 0 fully saturated rings. The van der Waals surface area contributed by atoms with E-state index in [1.54, 1.807) is 5.57 Å². The predicted molar refractivity (Wildman–Crippen MR) is 68.2 cm³/mol. The van der Waals surface area contributed by atoms with Crippen LogP contribution < -0.4 is 5.32 Å². The van der Waals surface area contributed by atoms with Crippen molar-refractivity contribution in [3.8, 4) is 0 Å². The van der Waals surface area contributed by atoms with E-state index in [2.05, 4.69) is 25.2 Å². The second-order valence-corrected chi connectivity index (χ2v) is 4.71. The summed E-state index contributed by atoms with van der Waals surface area (Å²) in [6.07, 6.45) is 13.1. The summed E-state index contributed by atoms with van der Waals surface area (Å²) in [6.45, 7) is 5.74. The zero-order chi connectivity index (χ0) is 10.9. The lowest BCUT2D eigenvalue weighted by atomic mass is 9.97. The van der Waals surface area contributed by atoms with Crippen molar-refractivity contribution in [2.45, 2.75) is 71.3 Å². The summed E-state index contributed by atoms with van der Waals surface area (Å²) in [4.78, 5) is 0. The third-order valence-electron chi connectivity index (χ3n) is 3.39. The van der Waals surface area contributed by atoms with Crippen LogP contribution in [-0.4, -0.2) is 12.6 Å². The maximum absolute atomic E-state index is 3.68. The second-order valence-electron chi connectivity index (χ2n) is 4.71. The molecule has 1 rings (SSSR count). The van der Waals surface area contributed by atoms with Gasteiger partial charge in [0, 0.05) is 6.04 Å². The normalized spacial score (nSPS) is 18.7. The van der Waals surface area contributed by atoms with Gasteiger partial charge in [-0.05, 0) is 51.5 Å². The van der Waals surface area contributed by atoms with Crippen LogP contribution in [0.25, 0.3) is 0 Å². The van der Waals surface area contributed by atoms with Crippen LogP contribution in [0.15, 0.2) is 11.6 Å². The standard InChI is InChI=1S/C14H27N/c1-3-8-14(4-2)15-12-11-13-9-6-5-7-10-13/h9,14-15H,3-8,10-12H2,1-2H3. The van der Waals surface area contributed by atoms with Crippen LogP contribution >= 0.6 is 0 Å². The highest BCUT2D eigenvalue weighted by molar-refractivity contribution is 5.05. The molecule has 1 N–H and O–H groups in total. The molecular weight excluding hydrogens is 182 g/mol. The first-order chi connectivity index (χ1) is 7.36. The van der Waals surface area contributed by atoms with Crippen molar-refractivity contribution in [3.05, 3.63) is 11.6 Å². The van der Waals surface area contributed by atoms with Crippen molar-refractivity contribution in [2.24, 2.45) is 0 Å². The molecule has 1 heteroatoms. The molecule has 0 heterocycles. The van der Waals surface area contributed by atoms with Gasteiger partial charge < -0.3 is 5.32 Å². The maximum Gasteiger partial charge on any atom is 0.00644 e. The summed E-state index contributed by atoms with van der Waals surface area (Å²) in [5.74, 6) is 0. The molecule has 0 radical (unpaired) electrons. The van der Waals surface area contributed by atoms with E-state index in [4.69, 9.17) is 0 Å². The van der Waals surface area contributed by atoms with E-state index in [0.717, 1.165) is 6.04 Å². The van der Waals surface area contributed by atoms with Crippen LogP contribution in [0.2, 0.25) is 0 Å². The van der Waals surface area contributed by atoms with Crippen LogP contribution in [0, 0.1) is 0 Å². The second kappa shape index (κ2) is 7.92.